The van der Waals surface area contributed by atoms with E-state index in [9.17, 15) is 9.59 Å². The Hall–Kier alpha value is -1.89. The maximum Gasteiger partial charge on any atom is 0.326 e. The van der Waals surface area contributed by atoms with Crippen LogP contribution in [-0.2, 0) is 16.0 Å². The van der Waals surface area contributed by atoms with Crippen molar-refractivity contribution in [2.45, 2.75) is 31.8 Å². The number of aromatic nitrogens is 2. The molecule has 0 fully saturated rings. The largest absolute Gasteiger partial charge is 0.480 e. The predicted octanol–water partition coefficient (Wildman–Crippen LogP) is -0.741. The minimum absolute atomic E-state index is 0.150. The molecule has 1 aromatic heterocycles. The number of hydrogen-bond donors (Lipinski definition) is 4. The SMILES string of the molecule is CC[C@H](N)C(=O)N[C@@H](Cc1cnc[nH]1)C(=O)O. The first-order valence-corrected chi connectivity index (χ1v) is 5.30. The molecule has 5 N–H and O–H groups in total. The predicted molar refractivity (Wildman–Crippen MR) is 60.1 cm³/mol. The summed E-state index contributed by atoms with van der Waals surface area (Å²) < 4.78 is 0. The third-order valence-corrected chi connectivity index (χ3v) is 2.37. The van der Waals surface area contributed by atoms with Crippen molar-refractivity contribution in [3.8, 4) is 0 Å². The van der Waals surface area contributed by atoms with Gasteiger partial charge in [0, 0.05) is 18.3 Å². The molecule has 1 heterocycles. The van der Waals surface area contributed by atoms with E-state index in [0.29, 0.717) is 12.1 Å². The molecule has 94 valence electrons. The lowest BCUT2D eigenvalue weighted by atomic mass is 10.1. The van der Waals surface area contributed by atoms with Crippen LogP contribution in [-0.4, -0.2) is 39.0 Å². The van der Waals surface area contributed by atoms with Crippen LogP contribution in [0.1, 0.15) is 19.0 Å². The number of H-pyrrole nitrogens is 1. The summed E-state index contributed by atoms with van der Waals surface area (Å²) in [5.41, 5.74) is 6.15. The van der Waals surface area contributed by atoms with Gasteiger partial charge in [0.2, 0.25) is 5.91 Å². The van der Waals surface area contributed by atoms with Crippen LogP contribution in [0.25, 0.3) is 0 Å². The molecule has 2 atom stereocenters. The molecule has 0 unspecified atom stereocenters. The Morgan fingerprint density at radius 1 is 1.65 bits per heavy atom. The molecular formula is C10H16N4O3. The Morgan fingerprint density at radius 3 is 2.82 bits per heavy atom. The summed E-state index contributed by atoms with van der Waals surface area (Å²) in [5.74, 6) is -1.56. The summed E-state index contributed by atoms with van der Waals surface area (Å²) >= 11 is 0. The number of carboxylic acids is 1. The van der Waals surface area contributed by atoms with Crippen molar-refractivity contribution < 1.29 is 14.7 Å². The van der Waals surface area contributed by atoms with Crippen molar-refractivity contribution in [1.29, 1.82) is 0 Å². The van der Waals surface area contributed by atoms with E-state index in [-0.39, 0.29) is 6.42 Å². The Balaban J connectivity index is 2.61. The molecule has 0 aliphatic rings. The molecule has 0 saturated carbocycles. The van der Waals surface area contributed by atoms with Crippen LogP contribution in [0.2, 0.25) is 0 Å². The van der Waals surface area contributed by atoms with E-state index in [1.807, 2.05) is 0 Å². The van der Waals surface area contributed by atoms with E-state index in [2.05, 4.69) is 15.3 Å². The van der Waals surface area contributed by atoms with Crippen molar-refractivity contribution in [3.05, 3.63) is 18.2 Å². The molecule has 1 rings (SSSR count). The third kappa shape index (κ3) is 3.87. The van der Waals surface area contributed by atoms with Crippen LogP contribution in [0.5, 0.6) is 0 Å². The van der Waals surface area contributed by atoms with Crippen LogP contribution in [0, 0.1) is 0 Å². The number of carbonyl (C=O) groups is 2. The zero-order valence-corrected chi connectivity index (χ0v) is 9.51. The highest BCUT2D eigenvalue weighted by atomic mass is 16.4. The smallest absolute Gasteiger partial charge is 0.326 e. The van der Waals surface area contributed by atoms with Gasteiger partial charge in [-0.15, -0.1) is 0 Å². The van der Waals surface area contributed by atoms with Crippen LogP contribution in [0.3, 0.4) is 0 Å². The molecule has 0 saturated heterocycles. The number of nitrogens with one attached hydrogen (secondary N) is 2. The fraction of sp³-hybridized carbons (Fsp3) is 0.500. The molecule has 0 radical (unpaired) electrons. The second-order valence-corrected chi connectivity index (χ2v) is 3.70. The fourth-order valence-electron chi connectivity index (χ4n) is 1.28. The maximum absolute atomic E-state index is 11.5. The first-order valence-electron chi connectivity index (χ1n) is 5.30. The molecule has 7 nitrogen and oxygen atoms in total. The standard InChI is InChI=1S/C10H16N4O3/c1-2-7(11)9(15)14-8(10(16)17)3-6-4-12-5-13-6/h4-5,7-8H,2-3,11H2,1H3,(H,12,13)(H,14,15)(H,16,17)/t7-,8-/m0/s1. The molecule has 0 aliphatic heterocycles. The van der Waals surface area contributed by atoms with Gasteiger partial charge in [0.05, 0.1) is 12.4 Å². The van der Waals surface area contributed by atoms with E-state index in [0.717, 1.165) is 0 Å². The molecule has 7 heteroatoms. The Bertz CT molecular complexity index is 377. The normalized spacial score (nSPS) is 14.0. The van der Waals surface area contributed by atoms with Crippen LogP contribution in [0.15, 0.2) is 12.5 Å². The van der Waals surface area contributed by atoms with Gasteiger partial charge in [-0.05, 0) is 6.42 Å². The van der Waals surface area contributed by atoms with E-state index < -0.39 is 24.0 Å². The van der Waals surface area contributed by atoms with Crippen molar-refractivity contribution in [3.63, 3.8) is 0 Å². The average molecular weight is 240 g/mol. The number of imidazole rings is 1. The number of nitrogens with zero attached hydrogens (tertiary/aromatic N) is 1. The van der Waals surface area contributed by atoms with Gasteiger partial charge in [0.25, 0.3) is 0 Å². The first-order chi connectivity index (χ1) is 8.04. The number of hydrogen-bond acceptors (Lipinski definition) is 4. The average Bonchev–Trinajstić information content (AvgIpc) is 2.79. The van der Waals surface area contributed by atoms with Gasteiger partial charge in [0.15, 0.2) is 0 Å². The topological polar surface area (TPSA) is 121 Å². The number of carboxylic acid groups (broad SMARTS) is 1. The Kier molecular flexibility index (Phi) is 4.65. The molecular weight excluding hydrogens is 224 g/mol. The number of aliphatic carboxylic acids is 1. The second-order valence-electron chi connectivity index (χ2n) is 3.70. The minimum Gasteiger partial charge on any atom is -0.480 e. The van der Waals surface area contributed by atoms with E-state index in [1.165, 1.54) is 12.5 Å². The van der Waals surface area contributed by atoms with Gasteiger partial charge >= 0.3 is 5.97 Å². The lowest BCUT2D eigenvalue weighted by molar-refractivity contribution is -0.142. The van der Waals surface area contributed by atoms with Crippen molar-refractivity contribution in [2.24, 2.45) is 5.73 Å². The number of aromatic amines is 1. The van der Waals surface area contributed by atoms with Crippen molar-refractivity contribution in [2.75, 3.05) is 0 Å². The van der Waals surface area contributed by atoms with Crippen molar-refractivity contribution >= 4 is 11.9 Å². The zero-order valence-electron chi connectivity index (χ0n) is 9.51. The maximum atomic E-state index is 11.5. The molecule has 1 aromatic rings. The first kappa shape index (κ1) is 13.2. The van der Waals surface area contributed by atoms with E-state index in [1.54, 1.807) is 6.92 Å². The van der Waals surface area contributed by atoms with Gasteiger partial charge in [-0.1, -0.05) is 6.92 Å². The zero-order chi connectivity index (χ0) is 12.8. The molecule has 0 aromatic carbocycles. The van der Waals surface area contributed by atoms with E-state index in [4.69, 9.17) is 10.8 Å². The summed E-state index contributed by atoms with van der Waals surface area (Å²) in [4.78, 5) is 29.0. The van der Waals surface area contributed by atoms with Gasteiger partial charge in [-0.3, -0.25) is 4.79 Å². The van der Waals surface area contributed by atoms with Crippen LogP contribution in [0.4, 0.5) is 0 Å². The van der Waals surface area contributed by atoms with Crippen molar-refractivity contribution in [1.82, 2.24) is 15.3 Å². The number of nitrogens with two attached hydrogens (primary N) is 1. The summed E-state index contributed by atoms with van der Waals surface area (Å²) in [5, 5.41) is 11.4. The highest BCUT2D eigenvalue weighted by Gasteiger charge is 2.23. The highest BCUT2D eigenvalue weighted by molar-refractivity contribution is 5.86. The lowest BCUT2D eigenvalue weighted by Crippen LogP contribution is -2.49. The summed E-state index contributed by atoms with van der Waals surface area (Å²) in [7, 11) is 0. The minimum atomic E-state index is -1.10. The highest BCUT2D eigenvalue weighted by Crippen LogP contribution is 1.99. The lowest BCUT2D eigenvalue weighted by Gasteiger charge is -2.16. The third-order valence-electron chi connectivity index (χ3n) is 2.37. The van der Waals surface area contributed by atoms with E-state index >= 15 is 0 Å². The fourth-order valence-corrected chi connectivity index (χ4v) is 1.28. The van der Waals surface area contributed by atoms with Crippen LogP contribution >= 0.6 is 0 Å². The Morgan fingerprint density at radius 2 is 2.35 bits per heavy atom. The summed E-state index contributed by atoms with van der Waals surface area (Å²) in [6.07, 6.45) is 3.58. The molecule has 0 bridgehead atoms. The molecule has 0 aliphatic carbocycles. The number of rotatable bonds is 6. The number of amides is 1. The Labute approximate surface area is 98.4 Å². The second kappa shape index (κ2) is 6.00. The molecule has 1 amide bonds. The number of carbonyl (C=O) groups excluding carboxylic acids is 1. The van der Waals surface area contributed by atoms with Gasteiger partial charge in [-0.25, -0.2) is 9.78 Å². The molecule has 0 spiro atoms. The summed E-state index contributed by atoms with van der Waals surface area (Å²) in [6.45, 7) is 1.76. The molecule has 17 heavy (non-hydrogen) atoms. The van der Waals surface area contributed by atoms with Gasteiger partial charge in [-0.2, -0.15) is 0 Å². The quantitative estimate of drug-likeness (QED) is 0.521. The van der Waals surface area contributed by atoms with Gasteiger partial charge in [0.1, 0.15) is 6.04 Å². The monoisotopic (exact) mass is 240 g/mol. The van der Waals surface area contributed by atoms with Gasteiger partial charge < -0.3 is 21.1 Å². The summed E-state index contributed by atoms with van der Waals surface area (Å²) in [6, 6.07) is -1.68. The van der Waals surface area contributed by atoms with Crippen LogP contribution < -0.4 is 11.1 Å².